The molecular formula is C17H22N4OS. The Balaban J connectivity index is 1.68. The molecule has 1 N–H and O–H groups in total. The van der Waals surface area contributed by atoms with Crippen LogP contribution in [0.5, 0.6) is 0 Å². The number of rotatable bonds is 5. The Kier molecular flexibility index (Phi) is 4.93. The maximum absolute atomic E-state index is 10.8. The molecule has 1 fully saturated rings. The summed E-state index contributed by atoms with van der Waals surface area (Å²) in [5, 5.41) is 6.40. The number of benzene rings is 1. The third-order valence-corrected chi connectivity index (χ3v) is 5.13. The van der Waals surface area contributed by atoms with Gasteiger partial charge in [0.15, 0.2) is 5.13 Å². The molecule has 2 heterocycles. The molecule has 5 nitrogen and oxygen atoms in total. The first-order valence-electron chi connectivity index (χ1n) is 7.85. The normalized spacial score (nSPS) is 15.7. The van der Waals surface area contributed by atoms with Crippen LogP contribution in [0.4, 0.5) is 10.8 Å². The second kappa shape index (κ2) is 7.10. The van der Waals surface area contributed by atoms with E-state index < -0.39 is 0 Å². The van der Waals surface area contributed by atoms with Crippen molar-refractivity contribution in [2.75, 3.05) is 31.5 Å². The quantitative estimate of drug-likeness (QED) is 0.857. The van der Waals surface area contributed by atoms with E-state index in [0.717, 1.165) is 55.6 Å². The predicted molar refractivity (Wildman–Crippen MR) is 94.2 cm³/mol. The van der Waals surface area contributed by atoms with Gasteiger partial charge in [0.05, 0.1) is 5.69 Å². The molecule has 0 radical (unpaired) electrons. The number of aryl methyl sites for hydroxylation is 1. The first kappa shape index (κ1) is 16.0. The van der Waals surface area contributed by atoms with Gasteiger partial charge in [-0.05, 0) is 31.0 Å². The highest BCUT2D eigenvalue weighted by atomic mass is 32.1. The molecule has 1 saturated heterocycles. The minimum atomic E-state index is 0.818. The van der Waals surface area contributed by atoms with Gasteiger partial charge in [-0.15, -0.1) is 11.3 Å². The van der Waals surface area contributed by atoms with E-state index in [4.69, 9.17) is 0 Å². The molecule has 1 amide bonds. The lowest BCUT2D eigenvalue weighted by Crippen LogP contribution is -2.45. The first-order chi connectivity index (χ1) is 11.2. The molecule has 2 aromatic rings. The monoisotopic (exact) mass is 330 g/mol. The van der Waals surface area contributed by atoms with E-state index in [2.05, 4.69) is 40.3 Å². The number of nitrogens with one attached hydrogen (secondary N) is 1. The van der Waals surface area contributed by atoms with Gasteiger partial charge < -0.3 is 10.2 Å². The van der Waals surface area contributed by atoms with Crippen molar-refractivity contribution in [3.05, 3.63) is 40.4 Å². The molecule has 0 aliphatic carbocycles. The van der Waals surface area contributed by atoms with Crippen molar-refractivity contribution in [1.29, 1.82) is 0 Å². The van der Waals surface area contributed by atoms with Crippen molar-refractivity contribution in [2.24, 2.45) is 0 Å². The maximum atomic E-state index is 10.8. The molecule has 1 aliphatic rings. The Bertz CT molecular complexity index is 677. The highest BCUT2D eigenvalue weighted by molar-refractivity contribution is 7.13. The van der Waals surface area contributed by atoms with Gasteiger partial charge in [0.1, 0.15) is 0 Å². The van der Waals surface area contributed by atoms with Crippen LogP contribution in [-0.4, -0.2) is 47.4 Å². The van der Waals surface area contributed by atoms with Crippen LogP contribution in [0.2, 0.25) is 0 Å². The zero-order valence-corrected chi connectivity index (χ0v) is 14.4. The predicted octanol–water partition coefficient (Wildman–Crippen LogP) is 2.78. The Labute approximate surface area is 140 Å². The van der Waals surface area contributed by atoms with Gasteiger partial charge in [-0.3, -0.25) is 9.69 Å². The molecule has 0 bridgehead atoms. The van der Waals surface area contributed by atoms with Crippen molar-refractivity contribution < 1.29 is 4.79 Å². The second-order valence-corrected chi connectivity index (χ2v) is 6.78. The number of aromatic nitrogens is 1. The van der Waals surface area contributed by atoms with Crippen LogP contribution in [0.25, 0.3) is 0 Å². The summed E-state index contributed by atoms with van der Waals surface area (Å²) in [5.74, 6) is 0. The van der Waals surface area contributed by atoms with Crippen molar-refractivity contribution in [2.45, 2.75) is 20.4 Å². The highest BCUT2D eigenvalue weighted by Gasteiger charge is 2.16. The first-order valence-corrected chi connectivity index (χ1v) is 8.73. The third-order valence-electron chi connectivity index (χ3n) is 4.26. The van der Waals surface area contributed by atoms with Gasteiger partial charge in [-0.2, -0.15) is 0 Å². The smallest absolute Gasteiger partial charge is 0.209 e. The van der Waals surface area contributed by atoms with Crippen LogP contribution in [0, 0.1) is 13.8 Å². The molecule has 1 aromatic carbocycles. The zero-order chi connectivity index (χ0) is 16.2. The molecule has 122 valence electrons. The number of nitrogens with zero attached hydrogens (tertiary/aromatic N) is 3. The van der Waals surface area contributed by atoms with Gasteiger partial charge in [0, 0.05) is 43.8 Å². The lowest BCUT2D eigenvalue weighted by Gasteiger charge is -2.32. The van der Waals surface area contributed by atoms with Crippen LogP contribution in [0.3, 0.4) is 0 Å². The average Bonchev–Trinajstić information content (AvgIpc) is 2.97. The average molecular weight is 330 g/mol. The van der Waals surface area contributed by atoms with Crippen molar-refractivity contribution >= 4 is 28.6 Å². The van der Waals surface area contributed by atoms with Crippen LogP contribution >= 0.6 is 11.3 Å². The van der Waals surface area contributed by atoms with Gasteiger partial charge >= 0.3 is 0 Å². The van der Waals surface area contributed by atoms with Gasteiger partial charge in [-0.25, -0.2) is 4.98 Å². The number of carbonyl (C=O) groups excluding carboxylic acids is 1. The number of anilines is 2. The summed E-state index contributed by atoms with van der Waals surface area (Å²) < 4.78 is 0. The number of amides is 1. The maximum Gasteiger partial charge on any atom is 0.209 e. The number of carbonyl (C=O) groups is 1. The largest absolute Gasteiger partial charge is 0.343 e. The summed E-state index contributed by atoms with van der Waals surface area (Å²) in [5.41, 5.74) is 4.74. The van der Waals surface area contributed by atoms with Gasteiger partial charge in [-0.1, -0.05) is 12.1 Å². The zero-order valence-electron chi connectivity index (χ0n) is 13.6. The van der Waals surface area contributed by atoms with E-state index in [-0.39, 0.29) is 0 Å². The standard InChI is InChI=1S/C17H22N4OS/c1-13-11-23-17(18-13)19-16-5-3-4-15(14(16)2)10-20-6-8-21(12-22)9-7-20/h3-5,11-12H,6-10H2,1-2H3,(H,18,19). The summed E-state index contributed by atoms with van der Waals surface area (Å²) in [6.07, 6.45) is 0.948. The van der Waals surface area contributed by atoms with Gasteiger partial charge in [0.2, 0.25) is 6.41 Å². The molecule has 1 aliphatic heterocycles. The molecular weight excluding hydrogens is 308 g/mol. The van der Waals surface area contributed by atoms with Gasteiger partial charge in [0.25, 0.3) is 0 Å². The third kappa shape index (κ3) is 3.89. The fraction of sp³-hybridized carbons (Fsp3) is 0.412. The highest BCUT2D eigenvalue weighted by Crippen LogP contribution is 2.26. The fourth-order valence-electron chi connectivity index (χ4n) is 2.78. The van der Waals surface area contributed by atoms with Crippen molar-refractivity contribution in [3.63, 3.8) is 0 Å². The summed E-state index contributed by atoms with van der Waals surface area (Å²) >= 11 is 1.63. The summed E-state index contributed by atoms with van der Waals surface area (Å²) in [7, 11) is 0. The topological polar surface area (TPSA) is 48.5 Å². The number of hydrogen-bond donors (Lipinski definition) is 1. The summed E-state index contributed by atoms with van der Waals surface area (Å²) in [4.78, 5) is 19.5. The van der Waals surface area contributed by atoms with Crippen LogP contribution in [-0.2, 0) is 11.3 Å². The Morgan fingerprint density at radius 1 is 1.26 bits per heavy atom. The van der Waals surface area contributed by atoms with E-state index in [1.807, 2.05) is 17.2 Å². The lowest BCUT2D eigenvalue weighted by atomic mass is 10.1. The molecule has 0 spiro atoms. The Morgan fingerprint density at radius 3 is 2.70 bits per heavy atom. The minimum Gasteiger partial charge on any atom is -0.343 e. The van der Waals surface area contributed by atoms with Crippen LogP contribution < -0.4 is 5.32 Å². The lowest BCUT2D eigenvalue weighted by molar-refractivity contribution is -0.119. The Morgan fingerprint density at radius 2 is 2.04 bits per heavy atom. The molecule has 6 heteroatoms. The van der Waals surface area contributed by atoms with E-state index in [1.165, 1.54) is 11.1 Å². The van der Waals surface area contributed by atoms with E-state index in [0.29, 0.717) is 0 Å². The number of hydrogen-bond acceptors (Lipinski definition) is 5. The van der Waals surface area contributed by atoms with E-state index >= 15 is 0 Å². The molecule has 1 aromatic heterocycles. The molecule has 0 atom stereocenters. The van der Waals surface area contributed by atoms with Crippen LogP contribution in [0.15, 0.2) is 23.6 Å². The minimum absolute atomic E-state index is 0.818. The van der Waals surface area contributed by atoms with E-state index in [9.17, 15) is 4.79 Å². The fourth-order valence-corrected chi connectivity index (χ4v) is 3.48. The molecule has 0 saturated carbocycles. The number of piperazine rings is 1. The summed E-state index contributed by atoms with van der Waals surface area (Å²) in [6.45, 7) is 8.58. The molecule has 23 heavy (non-hydrogen) atoms. The second-order valence-electron chi connectivity index (χ2n) is 5.93. The van der Waals surface area contributed by atoms with Crippen molar-refractivity contribution in [3.8, 4) is 0 Å². The molecule has 0 unspecified atom stereocenters. The Hall–Kier alpha value is -1.92. The summed E-state index contributed by atoms with van der Waals surface area (Å²) in [6, 6.07) is 6.37. The van der Waals surface area contributed by atoms with Crippen LogP contribution in [0.1, 0.15) is 16.8 Å². The van der Waals surface area contributed by atoms with E-state index in [1.54, 1.807) is 11.3 Å². The molecule has 3 rings (SSSR count). The number of thiazole rings is 1. The van der Waals surface area contributed by atoms with Crippen molar-refractivity contribution in [1.82, 2.24) is 14.8 Å². The SMILES string of the molecule is Cc1csc(Nc2cccc(CN3CCN(C=O)CC3)c2C)n1.